The first-order valence-corrected chi connectivity index (χ1v) is 7.36. The maximum atomic E-state index is 13.6. The Balaban J connectivity index is 1.78. The van der Waals surface area contributed by atoms with Gasteiger partial charge in [0.2, 0.25) is 0 Å². The number of carboxylic acids is 1. The lowest BCUT2D eigenvalue weighted by molar-refractivity contribution is -0.143. The first kappa shape index (κ1) is 14.5. The van der Waals surface area contributed by atoms with E-state index in [9.17, 15) is 9.18 Å². The molecule has 1 fully saturated rings. The number of rotatable bonds is 3. The van der Waals surface area contributed by atoms with Gasteiger partial charge in [0.15, 0.2) is 0 Å². The van der Waals surface area contributed by atoms with E-state index < -0.39 is 11.8 Å². The van der Waals surface area contributed by atoms with Crippen LogP contribution >= 0.6 is 0 Å². The monoisotopic (exact) mass is 301 g/mol. The van der Waals surface area contributed by atoms with Crippen LogP contribution in [0.3, 0.4) is 0 Å². The third-order valence-electron chi connectivity index (χ3n) is 4.48. The normalized spacial score (nSPS) is 21.6. The first-order chi connectivity index (χ1) is 10.6. The molecule has 0 amide bonds. The minimum Gasteiger partial charge on any atom is -0.481 e. The van der Waals surface area contributed by atoms with Crippen LogP contribution in [0.2, 0.25) is 0 Å². The highest BCUT2D eigenvalue weighted by molar-refractivity contribution is 5.80. The highest BCUT2D eigenvalue weighted by Gasteiger charge is 2.26. The smallest absolute Gasteiger partial charge is 0.306 e. The Bertz CT molecular complexity index is 755. The van der Waals surface area contributed by atoms with Gasteiger partial charge in [-0.15, -0.1) is 0 Å². The van der Waals surface area contributed by atoms with E-state index in [1.165, 1.54) is 12.1 Å². The van der Waals surface area contributed by atoms with Gasteiger partial charge < -0.3 is 5.11 Å². The third kappa shape index (κ3) is 2.67. The van der Waals surface area contributed by atoms with Crippen LogP contribution in [0.4, 0.5) is 4.39 Å². The van der Waals surface area contributed by atoms with Crippen LogP contribution in [-0.4, -0.2) is 20.9 Å². The maximum absolute atomic E-state index is 13.6. The van der Waals surface area contributed by atoms with Crippen molar-refractivity contribution in [3.63, 3.8) is 0 Å². The molecular formula is C16H16FN3O2. The number of carbonyl (C=O) groups is 1. The first-order valence-electron chi connectivity index (χ1n) is 7.36. The van der Waals surface area contributed by atoms with Crippen LogP contribution in [0, 0.1) is 29.0 Å². The second-order valence-electron chi connectivity index (χ2n) is 5.89. The Morgan fingerprint density at radius 2 is 2.14 bits per heavy atom. The molecule has 0 radical (unpaired) electrons. The molecule has 5 nitrogen and oxygen atoms in total. The predicted molar refractivity (Wildman–Crippen MR) is 77.5 cm³/mol. The van der Waals surface area contributed by atoms with Gasteiger partial charge >= 0.3 is 5.97 Å². The summed E-state index contributed by atoms with van der Waals surface area (Å²) >= 11 is 0. The SMILES string of the molecule is N#Cc1cc2c(cnn2C[C@H]2CC[C@H](C(=O)O)CC2)cc1F. The summed E-state index contributed by atoms with van der Waals surface area (Å²) in [7, 11) is 0. The predicted octanol–water partition coefficient (Wildman–Crippen LogP) is 2.94. The summed E-state index contributed by atoms with van der Waals surface area (Å²) in [5.74, 6) is -1.10. The van der Waals surface area contributed by atoms with Crippen molar-refractivity contribution in [1.82, 2.24) is 9.78 Å². The van der Waals surface area contributed by atoms with Gasteiger partial charge in [-0.05, 0) is 43.7 Å². The Kier molecular flexibility index (Phi) is 3.80. The van der Waals surface area contributed by atoms with E-state index in [-0.39, 0.29) is 11.5 Å². The van der Waals surface area contributed by atoms with Gasteiger partial charge in [-0.2, -0.15) is 10.4 Å². The molecule has 0 saturated heterocycles. The van der Waals surface area contributed by atoms with Crippen LogP contribution in [0.1, 0.15) is 31.2 Å². The minimum atomic E-state index is -0.711. The van der Waals surface area contributed by atoms with Gasteiger partial charge in [0, 0.05) is 11.9 Å². The van der Waals surface area contributed by atoms with E-state index in [0.29, 0.717) is 30.7 Å². The molecule has 1 aliphatic carbocycles. The van der Waals surface area contributed by atoms with Gasteiger partial charge in [-0.25, -0.2) is 4.39 Å². The fourth-order valence-corrected chi connectivity index (χ4v) is 3.17. The second kappa shape index (κ2) is 5.76. The number of nitriles is 1. The molecule has 1 N–H and O–H groups in total. The van der Waals surface area contributed by atoms with Crippen LogP contribution in [0.25, 0.3) is 10.9 Å². The van der Waals surface area contributed by atoms with E-state index in [4.69, 9.17) is 10.4 Å². The van der Waals surface area contributed by atoms with Crippen molar-refractivity contribution in [2.24, 2.45) is 11.8 Å². The van der Waals surface area contributed by atoms with Crippen LogP contribution in [-0.2, 0) is 11.3 Å². The molecule has 1 saturated carbocycles. The number of aromatic nitrogens is 2. The molecule has 0 bridgehead atoms. The Hall–Kier alpha value is -2.42. The number of hydrogen-bond donors (Lipinski definition) is 1. The molecule has 0 spiro atoms. The zero-order valence-electron chi connectivity index (χ0n) is 12.0. The van der Waals surface area contributed by atoms with Crippen molar-refractivity contribution >= 4 is 16.9 Å². The summed E-state index contributed by atoms with van der Waals surface area (Å²) in [5, 5.41) is 22.9. The number of fused-ring (bicyclic) bond motifs is 1. The van der Waals surface area contributed by atoms with Crippen molar-refractivity contribution in [2.75, 3.05) is 0 Å². The topological polar surface area (TPSA) is 78.9 Å². The van der Waals surface area contributed by atoms with Gasteiger partial charge in [0.05, 0.1) is 23.2 Å². The van der Waals surface area contributed by atoms with Gasteiger partial charge in [-0.1, -0.05) is 0 Å². The fourth-order valence-electron chi connectivity index (χ4n) is 3.17. The third-order valence-corrected chi connectivity index (χ3v) is 4.48. The highest BCUT2D eigenvalue weighted by atomic mass is 19.1. The molecule has 1 aromatic heterocycles. The zero-order valence-corrected chi connectivity index (χ0v) is 12.0. The molecule has 3 rings (SSSR count). The Morgan fingerprint density at radius 1 is 1.41 bits per heavy atom. The number of hydrogen-bond acceptors (Lipinski definition) is 3. The van der Waals surface area contributed by atoms with E-state index in [1.54, 1.807) is 10.9 Å². The molecule has 114 valence electrons. The lowest BCUT2D eigenvalue weighted by atomic mass is 9.82. The molecule has 6 heteroatoms. The van der Waals surface area contributed by atoms with Crippen molar-refractivity contribution in [3.8, 4) is 6.07 Å². The quantitative estimate of drug-likeness (QED) is 0.945. The molecule has 22 heavy (non-hydrogen) atoms. The lowest BCUT2D eigenvalue weighted by Gasteiger charge is -2.26. The van der Waals surface area contributed by atoms with Crippen LogP contribution < -0.4 is 0 Å². The van der Waals surface area contributed by atoms with E-state index >= 15 is 0 Å². The zero-order chi connectivity index (χ0) is 15.7. The average Bonchev–Trinajstić information content (AvgIpc) is 2.88. The summed E-state index contributed by atoms with van der Waals surface area (Å²) in [6.45, 7) is 0.673. The van der Waals surface area contributed by atoms with Crippen molar-refractivity contribution in [3.05, 3.63) is 29.7 Å². The summed E-state index contributed by atoms with van der Waals surface area (Å²) in [6, 6.07) is 4.71. The van der Waals surface area contributed by atoms with E-state index in [0.717, 1.165) is 18.4 Å². The number of halogens is 1. The van der Waals surface area contributed by atoms with Crippen molar-refractivity contribution < 1.29 is 14.3 Å². The second-order valence-corrected chi connectivity index (χ2v) is 5.89. The average molecular weight is 301 g/mol. The summed E-state index contributed by atoms with van der Waals surface area (Å²) in [4.78, 5) is 11.0. The van der Waals surface area contributed by atoms with Crippen molar-refractivity contribution in [1.29, 1.82) is 5.26 Å². The summed E-state index contributed by atoms with van der Waals surface area (Å²) < 4.78 is 15.4. The Morgan fingerprint density at radius 3 is 2.77 bits per heavy atom. The largest absolute Gasteiger partial charge is 0.481 e. The Labute approximate surface area is 127 Å². The van der Waals surface area contributed by atoms with Gasteiger partial charge in [0.25, 0.3) is 0 Å². The molecule has 1 heterocycles. The van der Waals surface area contributed by atoms with E-state index in [2.05, 4.69) is 5.10 Å². The summed E-state index contributed by atoms with van der Waals surface area (Å²) in [6.07, 6.45) is 4.69. The van der Waals surface area contributed by atoms with Crippen LogP contribution in [0.5, 0.6) is 0 Å². The molecule has 0 aliphatic heterocycles. The lowest BCUT2D eigenvalue weighted by Crippen LogP contribution is -2.24. The molecular weight excluding hydrogens is 285 g/mol. The number of benzene rings is 1. The number of aliphatic carboxylic acids is 1. The van der Waals surface area contributed by atoms with E-state index in [1.807, 2.05) is 6.07 Å². The van der Waals surface area contributed by atoms with Crippen molar-refractivity contribution in [2.45, 2.75) is 32.2 Å². The molecule has 1 aliphatic rings. The number of nitrogens with zero attached hydrogens (tertiary/aromatic N) is 3. The van der Waals surface area contributed by atoms with Crippen LogP contribution in [0.15, 0.2) is 18.3 Å². The van der Waals surface area contributed by atoms with Gasteiger partial charge in [0.1, 0.15) is 11.9 Å². The maximum Gasteiger partial charge on any atom is 0.306 e. The fraction of sp³-hybridized carbons (Fsp3) is 0.438. The molecule has 0 unspecified atom stereocenters. The minimum absolute atomic E-state index is 0.0174. The number of carboxylic acid groups (broad SMARTS) is 1. The van der Waals surface area contributed by atoms with Gasteiger partial charge in [-0.3, -0.25) is 9.48 Å². The standard InChI is InChI=1S/C16H16FN3O2/c17-14-5-13-8-19-20(15(13)6-12(14)7-18)9-10-1-3-11(4-2-10)16(21)22/h5-6,8,10-11H,1-4,9H2,(H,21,22)/t10-,11-. The molecule has 0 atom stereocenters. The summed E-state index contributed by atoms with van der Waals surface area (Å²) in [5.41, 5.74) is 0.766. The molecule has 2 aromatic rings. The highest BCUT2D eigenvalue weighted by Crippen LogP contribution is 2.30. The molecule has 1 aromatic carbocycles.